The third kappa shape index (κ3) is 2.91. The molecule has 3 nitrogen and oxygen atoms in total. The van der Waals surface area contributed by atoms with E-state index in [1.54, 1.807) is 0 Å². The Kier molecular flexibility index (Phi) is 4.15. The molecule has 0 fully saturated rings. The number of rotatable bonds is 4. The van der Waals surface area contributed by atoms with Crippen molar-refractivity contribution < 1.29 is 4.79 Å². The molecule has 0 bridgehead atoms. The van der Waals surface area contributed by atoms with E-state index in [1.807, 2.05) is 0 Å². The molecule has 0 saturated heterocycles. The lowest BCUT2D eigenvalue weighted by molar-refractivity contribution is 0.0973. The van der Waals surface area contributed by atoms with Gasteiger partial charge in [-0.05, 0) is 53.8 Å². The molecule has 0 spiro atoms. The van der Waals surface area contributed by atoms with E-state index in [-0.39, 0.29) is 11.7 Å². The van der Waals surface area contributed by atoms with E-state index < -0.39 is 0 Å². The molecule has 0 radical (unpaired) electrons. The van der Waals surface area contributed by atoms with Gasteiger partial charge in [0.25, 0.3) is 0 Å². The molecule has 4 heteroatoms. The van der Waals surface area contributed by atoms with Crippen molar-refractivity contribution >= 4 is 17.3 Å². The molecule has 1 aliphatic rings. The topological polar surface area (TPSA) is 42.9 Å². The minimum Gasteiger partial charge on any atom is -0.293 e. The van der Waals surface area contributed by atoms with Gasteiger partial charge in [-0.2, -0.15) is 0 Å². The number of hydrogen-bond acceptors (Lipinski definition) is 4. The average molecular weight is 300 g/mol. The smallest absolute Gasteiger partial charge is 0.176 e. The van der Waals surface area contributed by atoms with Crippen LogP contribution in [0.15, 0.2) is 24.3 Å². The zero-order valence-electron chi connectivity index (χ0n) is 12.5. The van der Waals surface area contributed by atoms with Gasteiger partial charge in [0.05, 0.1) is 5.69 Å². The van der Waals surface area contributed by atoms with Gasteiger partial charge in [0, 0.05) is 6.42 Å². The molecule has 110 valence electrons. The maximum absolute atomic E-state index is 12.6. The minimum absolute atomic E-state index is 0.204. The zero-order chi connectivity index (χ0) is 14.8. The van der Waals surface area contributed by atoms with Gasteiger partial charge < -0.3 is 0 Å². The van der Waals surface area contributed by atoms with Crippen LogP contribution in [-0.2, 0) is 6.42 Å². The lowest BCUT2D eigenvalue weighted by Gasteiger charge is -2.24. The Bertz CT molecular complexity index is 648. The largest absolute Gasteiger partial charge is 0.293 e. The Morgan fingerprint density at radius 2 is 2.19 bits per heavy atom. The molecule has 1 aliphatic carbocycles. The van der Waals surface area contributed by atoms with Gasteiger partial charge in [0.2, 0.25) is 0 Å². The standard InChI is InChI=1S/C17H20N2OS/c1-11(2)16-17(21-19-18-16)15(20)10-13-8-5-7-12-6-3-4-9-14(12)13/h3-4,6,9,11,13H,5,7-8,10H2,1-2H3. The van der Waals surface area contributed by atoms with Crippen LogP contribution in [0.4, 0.5) is 0 Å². The second kappa shape index (κ2) is 6.06. The summed E-state index contributed by atoms with van der Waals surface area (Å²) in [6.45, 7) is 4.12. The first-order valence-electron chi connectivity index (χ1n) is 7.60. The van der Waals surface area contributed by atoms with Crippen molar-refractivity contribution in [2.75, 3.05) is 0 Å². The van der Waals surface area contributed by atoms with Crippen LogP contribution < -0.4 is 0 Å². The van der Waals surface area contributed by atoms with E-state index in [2.05, 4.69) is 47.7 Å². The number of benzene rings is 1. The van der Waals surface area contributed by atoms with Crippen molar-refractivity contribution in [2.45, 2.75) is 51.4 Å². The number of hydrogen-bond donors (Lipinski definition) is 0. The van der Waals surface area contributed by atoms with Crippen LogP contribution >= 0.6 is 11.5 Å². The van der Waals surface area contributed by atoms with Crippen molar-refractivity contribution in [3.8, 4) is 0 Å². The number of Topliss-reactive ketones (excluding diaryl/α,β-unsaturated/α-hetero) is 1. The molecule has 3 rings (SSSR count). The normalized spacial score (nSPS) is 17.8. The first-order valence-corrected chi connectivity index (χ1v) is 8.37. The molecular formula is C17H20N2OS. The Morgan fingerprint density at radius 1 is 1.38 bits per heavy atom. The molecule has 1 aromatic heterocycles. The fraction of sp³-hybridized carbons (Fsp3) is 0.471. The minimum atomic E-state index is 0.204. The first-order chi connectivity index (χ1) is 10.2. The van der Waals surface area contributed by atoms with Gasteiger partial charge in [-0.25, -0.2) is 0 Å². The van der Waals surface area contributed by atoms with E-state index >= 15 is 0 Å². The summed E-state index contributed by atoms with van der Waals surface area (Å²) in [5.41, 5.74) is 3.63. The van der Waals surface area contributed by atoms with Gasteiger partial charge in [0.1, 0.15) is 4.88 Å². The third-order valence-corrected chi connectivity index (χ3v) is 5.02. The molecule has 21 heavy (non-hydrogen) atoms. The summed E-state index contributed by atoms with van der Waals surface area (Å²) in [4.78, 5) is 13.4. The molecule has 2 aromatic rings. The van der Waals surface area contributed by atoms with Crippen LogP contribution in [0.1, 0.15) is 71.4 Å². The first kappa shape index (κ1) is 14.4. The van der Waals surface area contributed by atoms with Gasteiger partial charge in [-0.15, -0.1) is 5.10 Å². The van der Waals surface area contributed by atoms with E-state index in [9.17, 15) is 4.79 Å². The molecular weight excluding hydrogens is 280 g/mol. The summed E-state index contributed by atoms with van der Waals surface area (Å²) in [6.07, 6.45) is 4.00. The number of fused-ring (bicyclic) bond motifs is 1. The highest BCUT2D eigenvalue weighted by Crippen LogP contribution is 2.35. The number of carbonyl (C=O) groups is 1. The van der Waals surface area contributed by atoms with Gasteiger partial charge >= 0.3 is 0 Å². The highest BCUT2D eigenvalue weighted by atomic mass is 32.1. The molecule has 1 heterocycles. The summed E-state index contributed by atoms with van der Waals surface area (Å²) in [6, 6.07) is 8.54. The van der Waals surface area contributed by atoms with Crippen molar-refractivity contribution in [1.82, 2.24) is 9.59 Å². The monoisotopic (exact) mass is 300 g/mol. The highest BCUT2D eigenvalue weighted by Gasteiger charge is 2.25. The maximum Gasteiger partial charge on any atom is 0.176 e. The molecule has 0 N–H and O–H groups in total. The van der Waals surface area contributed by atoms with Gasteiger partial charge in [0.15, 0.2) is 5.78 Å². The molecule has 0 amide bonds. The van der Waals surface area contributed by atoms with E-state index in [0.29, 0.717) is 12.3 Å². The Morgan fingerprint density at radius 3 is 3.00 bits per heavy atom. The Hall–Kier alpha value is -1.55. The molecule has 0 saturated carbocycles. The summed E-state index contributed by atoms with van der Waals surface area (Å²) in [5, 5.41) is 4.12. The maximum atomic E-state index is 12.6. The Balaban J connectivity index is 1.81. The molecule has 1 unspecified atom stereocenters. The number of aromatic nitrogens is 2. The highest BCUT2D eigenvalue weighted by molar-refractivity contribution is 7.08. The van der Waals surface area contributed by atoms with E-state index in [0.717, 1.165) is 23.4 Å². The summed E-state index contributed by atoms with van der Waals surface area (Å²) in [5.74, 6) is 0.807. The molecule has 1 aromatic carbocycles. The fourth-order valence-corrected chi connectivity index (χ4v) is 3.92. The lowest BCUT2D eigenvalue weighted by Crippen LogP contribution is -2.14. The quantitative estimate of drug-likeness (QED) is 0.788. The summed E-state index contributed by atoms with van der Waals surface area (Å²) >= 11 is 1.25. The predicted octanol–water partition coefficient (Wildman–Crippen LogP) is 4.35. The van der Waals surface area contributed by atoms with Gasteiger partial charge in [-0.1, -0.05) is 42.6 Å². The second-order valence-corrected chi connectivity index (χ2v) is 6.81. The summed E-state index contributed by atoms with van der Waals surface area (Å²) in [7, 11) is 0. The van der Waals surface area contributed by atoms with Crippen LogP contribution in [0, 0.1) is 0 Å². The SMILES string of the molecule is CC(C)c1nnsc1C(=O)CC1CCCc2ccccc21. The number of carbonyl (C=O) groups excluding carboxylic acids is 1. The lowest BCUT2D eigenvalue weighted by atomic mass is 9.80. The number of nitrogens with zero attached hydrogens (tertiary/aromatic N) is 2. The van der Waals surface area contributed by atoms with Crippen LogP contribution in [0.2, 0.25) is 0 Å². The number of aryl methyl sites for hydroxylation is 1. The third-order valence-electron chi connectivity index (χ3n) is 4.24. The Labute approximate surface area is 129 Å². The van der Waals surface area contributed by atoms with Crippen molar-refractivity contribution in [3.05, 3.63) is 46.0 Å². The van der Waals surface area contributed by atoms with Crippen molar-refractivity contribution in [3.63, 3.8) is 0 Å². The van der Waals surface area contributed by atoms with Crippen molar-refractivity contribution in [1.29, 1.82) is 0 Å². The number of ketones is 1. The second-order valence-electron chi connectivity index (χ2n) is 6.06. The van der Waals surface area contributed by atoms with Crippen LogP contribution in [0.3, 0.4) is 0 Å². The average Bonchev–Trinajstić information content (AvgIpc) is 2.97. The van der Waals surface area contributed by atoms with Gasteiger partial charge in [-0.3, -0.25) is 4.79 Å². The van der Waals surface area contributed by atoms with Crippen LogP contribution in [-0.4, -0.2) is 15.4 Å². The van der Waals surface area contributed by atoms with Crippen LogP contribution in [0.25, 0.3) is 0 Å². The summed E-state index contributed by atoms with van der Waals surface area (Å²) < 4.78 is 3.97. The van der Waals surface area contributed by atoms with Crippen LogP contribution in [0.5, 0.6) is 0 Å². The molecule has 0 aliphatic heterocycles. The van der Waals surface area contributed by atoms with E-state index in [4.69, 9.17) is 0 Å². The van der Waals surface area contributed by atoms with Crippen molar-refractivity contribution in [2.24, 2.45) is 0 Å². The van der Waals surface area contributed by atoms with E-state index in [1.165, 1.54) is 29.1 Å². The fourth-order valence-electron chi connectivity index (χ4n) is 3.15. The molecule has 1 atom stereocenters. The predicted molar refractivity (Wildman–Crippen MR) is 85.1 cm³/mol. The zero-order valence-corrected chi connectivity index (χ0v) is 13.3.